The Morgan fingerprint density at radius 3 is 2.83 bits per heavy atom. The van der Waals surface area contributed by atoms with Gasteiger partial charge in [-0.2, -0.15) is 0 Å². The third kappa shape index (κ3) is 3.31. The number of carbonyl (C=O) groups excluding carboxylic acids is 1. The number of amides is 1. The molecule has 1 amide bonds. The Bertz CT molecular complexity index is 748. The first kappa shape index (κ1) is 17.0. The van der Waals surface area contributed by atoms with E-state index >= 15 is 0 Å². The van der Waals surface area contributed by atoms with Crippen LogP contribution in [0.3, 0.4) is 0 Å². The van der Waals surface area contributed by atoms with Gasteiger partial charge in [-0.15, -0.1) is 0 Å². The van der Waals surface area contributed by atoms with E-state index in [-0.39, 0.29) is 19.0 Å². The van der Waals surface area contributed by atoms with E-state index in [1.54, 1.807) is 0 Å². The summed E-state index contributed by atoms with van der Waals surface area (Å²) in [6.45, 7) is 8.94. The highest BCUT2D eigenvalue weighted by atomic mass is 16.5. The van der Waals surface area contributed by atoms with Crippen LogP contribution in [0.2, 0.25) is 0 Å². The van der Waals surface area contributed by atoms with Gasteiger partial charge >= 0.3 is 0 Å². The smallest absolute Gasteiger partial charge is 0.255 e. The first-order valence-electron chi connectivity index (χ1n) is 8.82. The van der Waals surface area contributed by atoms with E-state index in [1.807, 2.05) is 43.5 Å². The van der Waals surface area contributed by atoms with Gasteiger partial charge < -0.3 is 14.5 Å². The van der Waals surface area contributed by atoms with Crippen molar-refractivity contribution >= 4 is 11.6 Å². The number of ether oxygens (including phenoxy) is 1. The van der Waals surface area contributed by atoms with E-state index in [2.05, 4.69) is 17.2 Å². The van der Waals surface area contributed by atoms with Crippen LogP contribution in [-0.4, -0.2) is 33.5 Å². The minimum atomic E-state index is -0.0331. The topological polar surface area (TPSA) is 55.6 Å². The minimum Gasteiger partial charge on any atom is -0.376 e. The molecule has 24 heavy (non-hydrogen) atoms. The molecule has 0 spiro atoms. The summed E-state index contributed by atoms with van der Waals surface area (Å²) in [4.78, 5) is 17.2. The van der Waals surface area contributed by atoms with Crippen LogP contribution in [0.25, 0.3) is 5.65 Å². The van der Waals surface area contributed by atoms with Crippen LogP contribution in [0.5, 0.6) is 0 Å². The molecule has 0 atom stereocenters. The van der Waals surface area contributed by atoms with Crippen LogP contribution in [0.15, 0.2) is 18.3 Å². The lowest BCUT2D eigenvalue weighted by Gasteiger charge is -2.37. The molecule has 0 aliphatic heterocycles. The largest absolute Gasteiger partial charge is 0.376 e. The van der Waals surface area contributed by atoms with E-state index in [9.17, 15) is 4.79 Å². The summed E-state index contributed by atoms with van der Waals surface area (Å²) in [6.07, 6.45) is 5.80. The highest BCUT2D eigenvalue weighted by Crippen LogP contribution is 2.31. The molecule has 5 heteroatoms. The molecule has 132 valence electrons. The number of aryl methyl sites for hydroxylation is 2. The summed E-state index contributed by atoms with van der Waals surface area (Å²) < 4.78 is 7.82. The molecule has 5 nitrogen and oxygen atoms in total. The molecule has 2 aromatic rings. The van der Waals surface area contributed by atoms with Crippen LogP contribution >= 0.6 is 0 Å². The molecular weight excluding hydrogens is 302 g/mol. The van der Waals surface area contributed by atoms with E-state index in [0.717, 1.165) is 49.3 Å². The maximum atomic E-state index is 12.7. The Morgan fingerprint density at radius 1 is 1.46 bits per heavy atom. The van der Waals surface area contributed by atoms with Gasteiger partial charge in [-0.25, -0.2) is 4.98 Å². The standard InChI is InChI=1S/C19H27N3O2.H2/c1-5-24-19(4)9-6-15(7-10-19)21-18(23)16-8-11-22-14(3)12-13(2)20-17(16)22;/h8,11-12,15H,5-7,9-10H2,1-4H3,(H,21,23);1H. The van der Waals surface area contributed by atoms with Crippen LogP contribution in [0.4, 0.5) is 0 Å². The summed E-state index contributed by atoms with van der Waals surface area (Å²) in [7, 11) is 0. The maximum Gasteiger partial charge on any atom is 0.255 e. The first-order valence-corrected chi connectivity index (χ1v) is 8.82. The highest BCUT2D eigenvalue weighted by molar-refractivity contribution is 6.00. The number of aromatic nitrogens is 2. The van der Waals surface area contributed by atoms with Crippen LogP contribution < -0.4 is 5.32 Å². The number of nitrogens with zero attached hydrogens (tertiary/aromatic N) is 2. The van der Waals surface area contributed by atoms with E-state index in [0.29, 0.717) is 5.56 Å². The molecule has 1 fully saturated rings. The lowest BCUT2D eigenvalue weighted by molar-refractivity contribution is -0.0544. The van der Waals surface area contributed by atoms with Crippen molar-refractivity contribution in [1.29, 1.82) is 0 Å². The maximum absolute atomic E-state index is 12.7. The number of rotatable bonds is 4. The van der Waals surface area contributed by atoms with Crippen molar-refractivity contribution in [2.45, 2.75) is 65.0 Å². The van der Waals surface area contributed by atoms with Crippen molar-refractivity contribution in [2.24, 2.45) is 0 Å². The van der Waals surface area contributed by atoms with Gasteiger partial charge in [-0.3, -0.25) is 4.79 Å². The second-order valence-corrected chi connectivity index (χ2v) is 7.09. The molecule has 2 aromatic heterocycles. The summed E-state index contributed by atoms with van der Waals surface area (Å²) in [5.74, 6) is -0.0278. The Hall–Kier alpha value is -1.88. The molecular formula is C19H29N3O2. The van der Waals surface area contributed by atoms with Crippen LogP contribution in [-0.2, 0) is 4.74 Å². The van der Waals surface area contributed by atoms with Gasteiger partial charge in [0.15, 0.2) is 0 Å². The monoisotopic (exact) mass is 331 g/mol. The fourth-order valence-corrected chi connectivity index (χ4v) is 3.70. The predicted molar refractivity (Wildman–Crippen MR) is 96.5 cm³/mol. The third-order valence-corrected chi connectivity index (χ3v) is 5.06. The lowest BCUT2D eigenvalue weighted by Crippen LogP contribution is -2.43. The first-order chi connectivity index (χ1) is 11.4. The molecule has 0 radical (unpaired) electrons. The van der Waals surface area contributed by atoms with Gasteiger partial charge in [0.25, 0.3) is 5.91 Å². The summed E-state index contributed by atoms with van der Waals surface area (Å²) in [5.41, 5.74) is 3.37. The van der Waals surface area contributed by atoms with Crippen LogP contribution in [0.1, 0.15) is 62.7 Å². The summed E-state index contributed by atoms with van der Waals surface area (Å²) in [5, 5.41) is 3.18. The summed E-state index contributed by atoms with van der Waals surface area (Å²) in [6, 6.07) is 4.09. The van der Waals surface area contributed by atoms with E-state index < -0.39 is 0 Å². The summed E-state index contributed by atoms with van der Waals surface area (Å²) >= 11 is 0. The fourth-order valence-electron chi connectivity index (χ4n) is 3.70. The molecule has 3 rings (SSSR count). The van der Waals surface area contributed by atoms with Crippen LogP contribution in [0, 0.1) is 13.8 Å². The molecule has 0 aromatic carbocycles. The molecule has 0 saturated heterocycles. The van der Waals surface area contributed by atoms with Gasteiger partial charge in [0, 0.05) is 31.7 Å². The van der Waals surface area contributed by atoms with Crippen molar-refractivity contribution in [3.63, 3.8) is 0 Å². The fraction of sp³-hybridized carbons (Fsp3) is 0.579. The van der Waals surface area contributed by atoms with Crippen molar-refractivity contribution in [2.75, 3.05) is 6.61 Å². The SMILES string of the molecule is CCOC1(C)CCC(NC(=O)c2ccn3c(C)cc(C)nc23)CC1.[HH]. The predicted octanol–water partition coefficient (Wildman–Crippen LogP) is 3.66. The lowest BCUT2D eigenvalue weighted by atomic mass is 9.83. The molecule has 0 unspecified atom stereocenters. The van der Waals surface area contributed by atoms with Crippen molar-refractivity contribution in [3.8, 4) is 0 Å². The zero-order chi connectivity index (χ0) is 17.3. The molecule has 1 aliphatic carbocycles. The van der Waals surface area contributed by atoms with E-state index in [4.69, 9.17) is 4.74 Å². The second-order valence-electron chi connectivity index (χ2n) is 7.09. The average molecular weight is 331 g/mol. The van der Waals surface area contributed by atoms with Crippen molar-refractivity contribution < 1.29 is 11.0 Å². The molecule has 1 saturated carbocycles. The number of hydrogen-bond acceptors (Lipinski definition) is 3. The molecule has 1 aliphatic rings. The highest BCUT2D eigenvalue weighted by Gasteiger charge is 2.32. The molecule has 0 bridgehead atoms. The number of fused-ring (bicyclic) bond motifs is 1. The number of hydrogen-bond donors (Lipinski definition) is 1. The average Bonchev–Trinajstić information content (AvgIpc) is 2.94. The van der Waals surface area contributed by atoms with Crippen molar-refractivity contribution in [1.82, 2.24) is 14.7 Å². The van der Waals surface area contributed by atoms with E-state index in [1.165, 1.54) is 0 Å². The van der Waals surface area contributed by atoms with Gasteiger partial charge in [-0.1, -0.05) is 0 Å². The van der Waals surface area contributed by atoms with Gasteiger partial charge in [0.2, 0.25) is 0 Å². The Morgan fingerprint density at radius 2 is 2.17 bits per heavy atom. The Labute approximate surface area is 144 Å². The number of carbonyl (C=O) groups is 1. The number of nitrogens with one attached hydrogen (secondary N) is 1. The quantitative estimate of drug-likeness (QED) is 0.930. The Balaban J connectivity index is 0.00000225. The zero-order valence-electron chi connectivity index (χ0n) is 15.1. The minimum absolute atomic E-state index is 0. The van der Waals surface area contributed by atoms with Crippen molar-refractivity contribution in [3.05, 3.63) is 35.3 Å². The third-order valence-electron chi connectivity index (χ3n) is 5.06. The zero-order valence-corrected chi connectivity index (χ0v) is 15.1. The van der Waals surface area contributed by atoms with Gasteiger partial charge in [-0.05, 0) is 65.5 Å². The molecule has 1 N–H and O–H groups in total. The Kier molecular flexibility index (Phi) is 4.63. The second kappa shape index (κ2) is 6.55. The van der Waals surface area contributed by atoms with Gasteiger partial charge in [0.05, 0.1) is 11.2 Å². The van der Waals surface area contributed by atoms with Gasteiger partial charge in [0.1, 0.15) is 5.65 Å². The normalized spacial score (nSPS) is 24.2. The molecule has 2 heterocycles.